The Hall–Kier alpha value is -0.770. The first-order valence-corrected chi connectivity index (χ1v) is 5.77. The first-order chi connectivity index (χ1) is 7.59. The molecular weight excluding hydrogens is 249 g/mol. The summed E-state index contributed by atoms with van der Waals surface area (Å²) in [6.07, 6.45) is 0.361. The number of rotatable bonds is 2. The molecule has 3 nitrogen and oxygen atoms in total. The van der Waals surface area contributed by atoms with Gasteiger partial charge in [0, 0.05) is 18.5 Å². The Bertz CT molecular complexity index is 422. The van der Waals surface area contributed by atoms with Gasteiger partial charge in [0.1, 0.15) is 0 Å². The molecule has 1 heterocycles. The lowest BCUT2D eigenvalue weighted by Crippen LogP contribution is -2.29. The van der Waals surface area contributed by atoms with Gasteiger partial charge in [0.05, 0.1) is 10.0 Å². The zero-order chi connectivity index (χ0) is 11.7. The van der Waals surface area contributed by atoms with Crippen molar-refractivity contribution in [3.8, 4) is 0 Å². The fourth-order valence-corrected chi connectivity index (χ4v) is 2.09. The Balaban J connectivity index is 2.23. The number of carbonyl (C=O) groups is 1. The van der Waals surface area contributed by atoms with Gasteiger partial charge < -0.3 is 10.0 Å². The average Bonchev–Trinajstić information content (AvgIpc) is 2.67. The Labute approximate surface area is 104 Å². The van der Waals surface area contributed by atoms with Gasteiger partial charge in [0.15, 0.2) is 6.23 Å². The minimum Gasteiger partial charge on any atom is -0.369 e. The lowest BCUT2D eigenvalue weighted by molar-refractivity contribution is -0.136. The standard InChI is InChI=1S/C11H11Cl2NO2/c12-8-4-3-7(6-9(8)13)11(16)14-5-1-2-10(14)15/h3-4,6,11,16H,1-2,5H2. The van der Waals surface area contributed by atoms with Gasteiger partial charge in [0.2, 0.25) is 5.91 Å². The quantitative estimate of drug-likeness (QED) is 0.887. The normalized spacial score (nSPS) is 17.9. The largest absolute Gasteiger partial charge is 0.369 e. The monoisotopic (exact) mass is 259 g/mol. The van der Waals surface area contributed by atoms with Crippen molar-refractivity contribution in [3.05, 3.63) is 33.8 Å². The molecule has 0 aliphatic carbocycles. The summed E-state index contributed by atoms with van der Waals surface area (Å²) >= 11 is 11.6. The molecule has 1 aromatic rings. The van der Waals surface area contributed by atoms with Gasteiger partial charge in [-0.15, -0.1) is 0 Å². The molecule has 1 N–H and O–H groups in total. The highest BCUT2D eigenvalue weighted by Gasteiger charge is 2.27. The van der Waals surface area contributed by atoms with E-state index >= 15 is 0 Å². The number of nitrogens with zero attached hydrogens (tertiary/aromatic N) is 1. The summed E-state index contributed by atoms with van der Waals surface area (Å²) in [5.74, 6) is -0.0291. The van der Waals surface area contributed by atoms with E-state index in [0.717, 1.165) is 6.42 Å². The van der Waals surface area contributed by atoms with E-state index in [1.807, 2.05) is 0 Å². The molecule has 1 atom stereocenters. The third-order valence-corrected chi connectivity index (χ3v) is 3.39. The smallest absolute Gasteiger partial charge is 0.224 e. The molecule has 5 heteroatoms. The summed E-state index contributed by atoms with van der Waals surface area (Å²) in [5, 5.41) is 10.8. The Kier molecular flexibility index (Phi) is 3.38. The zero-order valence-corrected chi connectivity index (χ0v) is 10.0. The van der Waals surface area contributed by atoms with E-state index in [4.69, 9.17) is 23.2 Å². The fraction of sp³-hybridized carbons (Fsp3) is 0.364. The lowest BCUT2D eigenvalue weighted by atomic mass is 10.2. The van der Waals surface area contributed by atoms with Crippen molar-refractivity contribution in [2.75, 3.05) is 6.54 Å². The van der Waals surface area contributed by atoms with Crippen LogP contribution in [-0.2, 0) is 4.79 Å². The molecule has 1 fully saturated rings. The number of halogens is 2. The van der Waals surface area contributed by atoms with Crippen molar-refractivity contribution in [3.63, 3.8) is 0 Å². The predicted octanol–water partition coefficient (Wildman–Crippen LogP) is 2.61. The molecule has 1 saturated heterocycles. The molecule has 1 unspecified atom stereocenters. The zero-order valence-electron chi connectivity index (χ0n) is 8.49. The molecule has 0 bridgehead atoms. The first kappa shape index (κ1) is 11.7. The summed E-state index contributed by atoms with van der Waals surface area (Å²) in [5.41, 5.74) is 0.588. The third-order valence-electron chi connectivity index (χ3n) is 2.65. The van der Waals surface area contributed by atoms with Crippen LogP contribution < -0.4 is 0 Å². The highest BCUT2D eigenvalue weighted by atomic mass is 35.5. The van der Waals surface area contributed by atoms with E-state index in [-0.39, 0.29) is 5.91 Å². The molecule has 0 saturated carbocycles. The van der Waals surface area contributed by atoms with Crippen LogP contribution in [0.4, 0.5) is 0 Å². The summed E-state index contributed by atoms with van der Waals surface area (Å²) in [6.45, 7) is 0.584. The topological polar surface area (TPSA) is 40.5 Å². The van der Waals surface area contributed by atoms with E-state index in [0.29, 0.717) is 28.6 Å². The van der Waals surface area contributed by atoms with Gasteiger partial charge >= 0.3 is 0 Å². The number of aliphatic hydroxyl groups excluding tert-OH is 1. The van der Waals surface area contributed by atoms with Crippen molar-refractivity contribution in [2.24, 2.45) is 0 Å². The summed E-state index contributed by atoms with van der Waals surface area (Å²) in [6, 6.07) is 4.87. The molecule has 1 aliphatic heterocycles. The summed E-state index contributed by atoms with van der Waals surface area (Å²) in [7, 11) is 0. The van der Waals surface area contributed by atoms with Crippen molar-refractivity contribution >= 4 is 29.1 Å². The van der Waals surface area contributed by atoms with Crippen LogP contribution in [0.15, 0.2) is 18.2 Å². The van der Waals surface area contributed by atoms with Gasteiger partial charge in [-0.1, -0.05) is 29.3 Å². The second kappa shape index (κ2) is 4.62. The maximum absolute atomic E-state index is 11.4. The number of carbonyl (C=O) groups excluding carboxylic acids is 1. The van der Waals surface area contributed by atoms with Crippen LogP contribution in [-0.4, -0.2) is 22.5 Å². The molecule has 0 spiro atoms. The van der Waals surface area contributed by atoms with Crippen molar-refractivity contribution in [1.82, 2.24) is 4.90 Å². The number of aliphatic hydroxyl groups is 1. The molecule has 1 aromatic carbocycles. The number of hydrogen-bond donors (Lipinski definition) is 1. The second-order valence-electron chi connectivity index (χ2n) is 3.74. The van der Waals surface area contributed by atoms with Gasteiger partial charge in [-0.2, -0.15) is 0 Å². The van der Waals surface area contributed by atoms with Gasteiger partial charge in [-0.3, -0.25) is 4.79 Å². The highest BCUT2D eigenvalue weighted by Crippen LogP contribution is 2.29. The number of amides is 1. The van der Waals surface area contributed by atoms with Crippen molar-refractivity contribution < 1.29 is 9.90 Å². The van der Waals surface area contributed by atoms with Crippen LogP contribution >= 0.6 is 23.2 Å². The molecule has 1 amide bonds. The molecular formula is C11H11Cl2NO2. The minimum atomic E-state index is -0.926. The lowest BCUT2D eigenvalue weighted by Gasteiger charge is -2.23. The van der Waals surface area contributed by atoms with Gasteiger partial charge in [-0.25, -0.2) is 0 Å². The van der Waals surface area contributed by atoms with Crippen LogP contribution in [0.5, 0.6) is 0 Å². The third kappa shape index (κ3) is 2.17. The SMILES string of the molecule is O=C1CCCN1C(O)c1ccc(Cl)c(Cl)c1. The van der Waals surface area contributed by atoms with Gasteiger partial charge in [0.25, 0.3) is 0 Å². The maximum atomic E-state index is 11.4. The van der Waals surface area contributed by atoms with E-state index in [2.05, 4.69) is 0 Å². The molecule has 1 aliphatic rings. The van der Waals surface area contributed by atoms with Crippen LogP contribution in [0.3, 0.4) is 0 Å². The van der Waals surface area contributed by atoms with E-state index in [1.54, 1.807) is 18.2 Å². The van der Waals surface area contributed by atoms with E-state index < -0.39 is 6.23 Å². The second-order valence-corrected chi connectivity index (χ2v) is 4.55. The average molecular weight is 260 g/mol. The van der Waals surface area contributed by atoms with Gasteiger partial charge in [-0.05, 0) is 18.6 Å². The number of hydrogen-bond acceptors (Lipinski definition) is 2. The highest BCUT2D eigenvalue weighted by molar-refractivity contribution is 6.42. The van der Waals surface area contributed by atoms with Crippen LogP contribution in [0.1, 0.15) is 24.6 Å². The molecule has 16 heavy (non-hydrogen) atoms. The Morgan fingerprint density at radius 2 is 2.06 bits per heavy atom. The predicted molar refractivity (Wildman–Crippen MR) is 62.4 cm³/mol. The molecule has 2 rings (SSSR count). The maximum Gasteiger partial charge on any atom is 0.224 e. The van der Waals surface area contributed by atoms with E-state index in [1.165, 1.54) is 4.90 Å². The molecule has 86 valence electrons. The Morgan fingerprint density at radius 3 is 2.62 bits per heavy atom. The minimum absolute atomic E-state index is 0.0291. The fourth-order valence-electron chi connectivity index (χ4n) is 1.78. The number of benzene rings is 1. The Morgan fingerprint density at radius 1 is 1.31 bits per heavy atom. The van der Waals surface area contributed by atoms with Crippen LogP contribution in [0, 0.1) is 0 Å². The number of likely N-dealkylation sites (tertiary alicyclic amines) is 1. The molecule has 0 radical (unpaired) electrons. The first-order valence-electron chi connectivity index (χ1n) is 5.02. The molecule has 0 aromatic heterocycles. The van der Waals surface area contributed by atoms with E-state index in [9.17, 15) is 9.90 Å². The summed E-state index contributed by atoms with van der Waals surface area (Å²) in [4.78, 5) is 12.9. The summed E-state index contributed by atoms with van der Waals surface area (Å²) < 4.78 is 0. The van der Waals surface area contributed by atoms with Crippen molar-refractivity contribution in [1.29, 1.82) is 0 Å². The van der Waals surface area contributed by atoms with Crippen LogP contribution in [0.25, 0.3) is 0 Å². The van der Waals surface area contributed by atoms with Crippen LogP contribution in [0.2, 0.25) is 10.0 Å². The van der Waals surface area contributed by atoms with Crippen molar-refractivity contribution in [2.45, 2.75) is 19.1 Å².